The maximum atomic E-state index is 12.4. The van der Waals surface area contributed by atoms with Gasteiger partial charge in [0.05, 0.1) is 6.42 Å². The molecule has 0 fully saturated rings. The molecule has 0 spiro atoms. The Morgan fingerprint density at radius 3 is 2.21 bits per heavy atom. The summed E-state index contributed by atoms with van der Waals surface area (Å²) >= 11 is 0. The maximum Gasteiger partial charge on any atom is 0.407 e. The molecular weight excluding hydrogens is 366 g/mol. The normalized spacial score (nSPS) is 13.4. The van der Waals surface area contributed by atoms with Gasteiger partial charge in [-0.2, -0.15) is 0 Å². The van der Waals surface area contributed by atoms with Gasteiger partial charge in [-0.1, -0.05) is 81.1 Å². The smallest absolute Gasteiger partial charge is 0.407 e. The number of benzene rings is 2. The topological polar surface area (TPSA) is 75.6 Å². The number of alkyl carbamates (subject to hydrolysis) is 1. The number of carboxylic acids is 1. The maximum absolute atomic E-state index is 12.4. The standard InChI is InChI=1S/C24H29NO4/c1-2-3-4-5-10-17(15-23(26)27)25-24(28)29-16-22-20-13-8-6-11-18(20)19-12-7-9-14-21(19)22/h6-9,11-14,17,22H,2-5,10,15-16H2,1H3,(H,25,28)(H,26,27)/t17-/m0/s1. The van der Waals surface area contributed by atoms with Crippen LogP contribution in [0.5, 0.6) is 0 Å². The van der Waals surface area contributed by atoms with E-state index in [1.807, 2.05) is 24.3 Å². The SMILES string of the molecule is CCCCCC[C@@H](CC(=O)O)NC(=O)OCC1c2ccccc2-c2ccccc21. The molecule has 0 heterocycles. The van der Waals surface area contributed by atoms with Crippen LogP contribution in [-0.2, 0) is 9.53 Å². The van der Waals surface area contributed by atoms with Gasteiger partial charge in [0.25, 0.3) is 0 Å². The van der Waals surface area contributed by atoms with Crippen LogP contribution in [0, 0.1) is 0 Å². The number of amides is 1. The van der Waals surface area contributed by atoms with Crippen molar-refractivity contribution in [3.8, 4) is 11.1 Å². The zero-order valence-electron chi connectivity index (χ0n) is 16.9. The fourth-order valence-corrected chi connectivity index (χ4v) is 4.06. The lowest BCUT2D eigenvalue weighted by Crippen LogP contribution is -2.37. The van der Waals surface area contributed by atoms with Crippen LogP contribution in [0.3, 0.4) is 0 Å². The van der Waals surface area contributed by atoms with Gasteiger partial charge in [0, 0.05) is 12.0 Å². The number of carbonyl (C=O) groups excluding carboxylic acids is 1. The Morgan fingerprint density at radius 2 is 1.62 bits per heavy atom. The van der Waals surface area contributed by atoms with E-state index in [0.717, 1.165) is 36.8 Å². The monoisotopic (exact) mass is 395 g/mol. The number of fused-ring (bicyclic) bond motifs is 3. The molecule has 1 aliphatic carbocycles. The minimum atomic E-state index is -0.913. The van der Waals surface area contributed by atoms with Crippen LogP contribution in [0.1, 0.15) is 62.5 Å². The van der Waals surface area contributed by atoms with E-state index in [9.17, 15) is 9.59 Å². The molecule has 2 aromatic rings. The lowest BCUT2D eigenvalue weighted by Gasteiger charge is -2.19. The van der Waals surface area contributed by atoms with Crippen molar-refractivity contribution < 1.29 is 19.4 Å². The third-order valence-corrected chi connectivity index (χ3v) is 5.49. The third-order valence-electron chi connectivity index (χ3n) is 5.49. The predicted molar refractivity (Wildman–Crippen MR) is 113 cm³/mol. The lowest BCUT2D eigenvalue weighted by atomic mass is 9.98. The second-order valence-corrected chi connectivity index (χ2v) is 7.61. The van der Waals surface area contributed by atoms with Crippen molar-refractivity contribution in [3.63, 3.8) is 0 Å². The molecule has 0 unspecified atom stereocenters. The van der Waals surface area contributed by atoms with Gasteiger partial charge in [-0.25, -0.2) is 4.79 Å². The van der Waals surface area contributed by atoms with Crippen molar-refractivity contribution in [2.75, 3.05) is 6.61 Å². The molecule has 154 valence electrons. The molecule has 2 aromatic carbocycles. The quantitative estimate of drug-likeness (QED) is 0.533. The average Bonchev–Trinajstić information content (AvgIpc) is 3.03. The highest BCUT2D eigenvalue weighted by Crippen LogP contribution is 2.44. The van der Waals surface area contributed by atoms with Gasteiger partial charge in [-0.15, -0.1) is 0 Å². The number of rotatable bonds is 10. The van der Waals surface area contributed by atoms with E-state index in [-0.39, 0.29) is 18.9 Å². The predicted octanol–water partition coefficient (Wildman–Crippen LogP) is 5.34. The number of carbonyl (C=O) groups is 2. The minimum Gasteiger partial charge on any atom is -0.481 e. The summed E-state index contributed by atoms with van der Waals surface area (Å²) in [5.41, 5.74) is 4.67. The lowest BCUT2D eigenvalue weighted by molar-refractivity contribution is -0.137. The summed E-state index contributed by atoms with van der Waals surface area (Å²) < 4.78 is 5.54. The van der Waals surface area contributed by atoms with Crippen molar-refractivity contribution in [1.29, 1.82) is 0 Å². The molecule has 0 radical (unpaired) electrons. The number of hydrogen-bond donors (Lipinski definition) is 2. The third kappa shape index (κ3) is 5.37. The number of ether oxygens (including phenoxy) is 1. The Bertz CT molecular complexity index is 803. The molecule has 1 atom stereocenters. The van der Waals surface area contributed by atoms with Crippen molar-refractivity contribution in [2.24, 2.45) is 0 Å². The highest BCUT2D eigenvalue weighted by molar-refractivity contribution is 5.79. The number of unbranched alkanes of at least 4 members (excludes halogenated alkanes) is 3. The Labute approximate surface area is 172 Å². The van der Waals surface area contributed by atoms with Crippen LogP contribution in [0.4, 0.5) is 4.79 Å². The number of hydrogen-bond acceptors (Lipinski definition) is 3. The summed E-state index contributed by atoms with van der Waals surface area (Å²) in [5.74, 6) is -0.917. The van der Waals surface area contributed by atoms with Crippen molar-refractivity contribution >= 4 is 12.1 Å². The molecule has 0 bridgehead atoms. The molecule has 0 aromatic heterocycles. The highest BCUT2D eigenvalue weighted by atomic mass is 16.5. The van der Waals surface area contributed by atoms with Crippen molar-refractivity contribution in [1.82, 2.24) is 5.32 Å². The molecule has 29 heavy (non-hydrogen) atoms. The van der Waals surface area contributed by atoms with E-state index in [0.29, 0.717) is 6.42 Å². The zero-order valence-corrected chi connectivity index (χ0v) is 16.9. The number of nitrogens with one attached hydrogen (secondary N) is 1. The molecule has 0 saturated heterocycles. The first-order chi connectivity index (χ1) is 14.1. The van der Waals surface area contributed by atoms with Crippen LogP contribution in [0.2, 0.25) is 0 Å². The van der Waals surface area contributed by atoms with E-state index in [4.69, 9.17) is 9.84 Å². The second kappa shape index (κ2) is 10.1. The van der Waals surface area contributed by atoms with Gasteiger partial charge in [0.2, 0.25) is 0 Å². The second-order valence-electron chi connectivity index (χ2n) is 7.61. The van der Waals surface area contributed by atoms with Gasteiger partial charge in [0.15, 0.2) is 0 Å². The Hall–Kier alpha value is -2.82. The Balaban J connectivity index is 1.60. The van der Waals surface area contributed by atoms with Gasteiger partial charge < -0.3 is 15.2 Å². The van der Waals surface area contributed by atoms with E-state index >= 15 is 0 Å². The first-order valence-electron chi connectivity index (χ1n) is 10.4. The summed E-state index contributed by atoms with van der Waals surface area (Å²) in [4.78, 5) is 23.5. The van der Waals surface area contributed by atoms with Crippen LogP contribution >= 0.6 is 0 Å². The van der Waals surface area contributed by atoms with Gasteiger partial charge in [0.1, 0.15) is 6.61 Å². The summed E-state index contributed by atoms with van der Waals surface area (Å²) in [5, 5.41) is 11.9. The van der Waals surface area contributed by atoms with Crippen LogP contribution in [0.25, 0.3) is 11.1 Å². The minimum absolute atomic E-state index is 0.00405. The Morgan fingerprint density at radius 1 is 1.00 bits per heavy atom. The molecule has 5 heteroatoms. The first-order valence-corrected chi connectivity index (χ1v) is 10.4. The Kier molecular flexibility index (Phi) is 7.28. The average molecular weight is 395 g/mol. The number of aliphatic carboxylic acids is 1. The van der Waals surface area contributed by atoms with Crippen LogP contribution in [0.15, 0.2) is 48.5 Å². The van der Waals surface area contributed by atoms with E-state index in [1.54, 1.807) is 0 Å². The molecule has 5 nitrogen and oxygen atoms in total. The van der Waals surface area contributed by atoms with Crippen LogP contribution < -0.4 is 5.32 Å². The molecule has 0 saturated carbocycles. The fourth-order valence-electron chi connectivity index (χ4n) is 4.06. The van der Waals surface area contributed by atoms with Crippen molar-refractivity contribution in [2.45, 2.75) is 57.4 Å². The summed E-state index contributed by atoms with van der Waals surface area (Å²) in [6.45, 7) is 2.36. The van der Waals surface area contributed by atoms with E-state index in [2.05, 4.69) is 36.5 Å². The molecule has 0 aliphatic heterocycles. The summed E-state index contributed by atoms with van der Waals surface area (Å²) in [6.07, 6.45) is 4.18. The largest absolute Gasteiger partial charge is 0.481 e. The number of carboxylic acid groups (broad SMARTS) is 1. The molecule has 3 rings (SSSR count). The van der Waals surface area contributed by atoms with Gasteiger partial charge >= 0.3 is 12.1 Å². The first kappa shape index (κ1) is 20.9. The van der Waals surface area contributed by atoms with Gasteiger partial charge in [-0.05, 0) is 28.7 Å². The van der Waals surface area contributed by atoms with Gasteiger partial charge in [-0.3, -0.25) is 4.79 Å². The van der Waals surface area contributed by atoms with E-state index in [1.165, 1.54) is 11.1 Å². The molecule has 1 aliphatic rings. The molecular formula is C24H29NO4. The molecule has 1 amide bonds. The van der Waals surface area contributed by atoms with E-state index < -0.39 is 18.1 Å². The summed E-state index contributed by atoms with van der Waals surface area (Å²) in [6, 6.07) is 15.9. The van der Waals surface area contributed by atoms with Crippen LogP contribution in [-0.4, -0.2) is 29.8 Å². The highest BCUT2D eigenvalue weighted by Gasteiger charge is 2.29. The fraction of sp³-hybridized carbons (Fsp3) is 0.417. The zero-order chi connectivity index (χ0) is 20.6. The summed E-state index contributed by atoms with van der Waals surface area (Å²) in [7, 11) is 0. The van der Waals surface area contributed by atoms with Crippen molar-refractivity contribution in [3.05, 3.63) is 59.7 Å². The molecule has 2 N–H and O–H groups in total.